The highest BCUT2D eigenvalue weighted by Gasteiger charge is 2.26. The molecule has 1 unspecified atom stereocenters. The molecule has 1 aliphatic heterocycles. The summed E-state index contributed by atoms with van der Waals surface area (Å²) in [6.45, 7) is 4.37. The maximum Gasteiger partial charge on any atom is 0.246 e. The zero-order chi connectivity index (χ0) is 13.1. The van der Waals surface area contributed by atoms with Crippen molar-refractivity contribution in [3.05, 3.63) is 42.5 Å². The van der Waals surface area contributed by atoms with Crippen LogP contribution in [0.25, 0.3) is 0 Å². The average molecular weight is 253 g/mol. The maximum absolute atomic E-state index is 13.0. The molecule has 0 N–H and O–H groups in total. The molecule has 1 aromatic rings. The van der Waals surface area contributed by atoms with Crippen molar-refractivity contribution in [2.24, 2.45) is 0 Å². The highest BCUT2D eigenvalue weighted by Crippen LogP contribution is 2.20. The van der Waals surface area contributed by atoms with Crippen molar-refractivity contribution in [2.75, 3.05) is 13.1 Å². The van der Waals surface area contributed by atoms with Crippen LogP contribution in [0.3, 0.4) is 0 Å². The number of carbonyl (C=O) groups excluding carboxylic acids is 1. The predicted octanol–water partition coefficient (Wildman–Crippen LogP) is 2.13. The number of hydrogen-bond acceptors (Lipinski definition) is 2. The molecule has 3 nitrogen and oxygen atoms in total. The summed E-state index contributed by atoms with van der Waals surface area (Å²) in [5.74, 6) is -1.37. The van der Waals surface area contributed by atoms with Crippen LogP contribution in [-0.2, 0) is 4.79 Å². The van der Waals surface area contributed by atoms with E-state index in [1.165, 1.54) is 6.08 Å². The van der Waals surface area contributed by atoms with Crippen LogP contribution in [0.15, 0.2) is 30.9 Å². The minimum Gasteiger partial charge on any atom is -0.488 e. The number of benzene rings is 1. The molecule has 1 amide bonds. The van der Waals surface area contributed by atoms with Crippen LogP contribution in [0.4, 0.5) is 8.78 Å². The Morgan fingerprint density at radius 3 is 2.67 bits per heavy atom. The molecular formula is C13H13F2NO2. The Labute approximate surface area is 104 Å². The lowest BCUT2D eigenvalue weighted by Crippen LogP contribution is -2.29. The van der Waals surface area contributed by atoms with Gasteiger partial charge in [0, 0.05) is 31.2 Å². The Kier molecular flexibility index (Phi) is 3.60. The van der Waals surface area contributed by atoms with Crippen LogP contribution in [0.5, 0.6) is 5.75 Å². The molecular weight excluding hydrogens is 240 g/mol. The van der Waals surface area contributed by atoms with E-state index in [1.54, 1.807) is 4.90 Å². The first kappa shape index (κ1) is 12.5. The Morgan fingerprint density at radius 1 is 1.39 bits per heavy atom. The van der Waals surface area contributed by atoms with E-state index < -0.39 is 11.6 Å². The van der Waals surface area contributed by atoms with Crippen molar-refractivity contribution >= 4 is 5.91 Å². The standard InChI is InChI=1S/C13H13F2NO2/c1-2-13(17)16-4-3-11(8-16)18-12-6-9(14)5-10(15)7-12/h2,5-7,11H,1,3-4,8H2. The van der Waals surface area contributed by atoms with Gasteiger partial charge in [0.05, 0.1) is 6.54 Å². The van der Waals surface area contributed by atoms with Crippen molar-refractivity contribution in [1.82, 2.24) is 4.90 Å². The fourth-order valence-electron chi connectivity index (χ4n) is 1.94. The van der Waals surface area contributed by atoms with Crippen molar-refractivity contribution in [1.29, 1.82) is 0 Å². The summed E-state index contributed by atoms with van der Waals surface area (Å²) in [6, 6.07) is 3.04. The van der Waals surface area contributed by atoms with Crippen LogP contribution in [0, 0.1) is 11.6 Å². The Bertz CT molecular complexity index is 456. The number of likely N-dealkylation sites (tertiary alicyclic amines) is 1. The van der Waals surface area contributed by atoms with Crippen LogP contribution in [0.2, 0.25) is 0 Å². The molecule has 0 saturated carbocycles. The Morgan fingerprint density at radius 2 is 2.06 bits per heavy atom. The predicted molar refractivity (Wildman–Crippen MR) is 62.2 cm³/mol. The van der Waals surface area contributed by atoms with Crippen LogP contribution in [0.1, 0.15) is 6.42 Å². The molecule has 2 rings (SSSR count). The largest absolute Gasteiger partial charge is 0.488 e. The number of amides is 1. The smallest absolute Gasteiger partial charge is 0.246 e. The molecule has 96 valence electrons. The number of ether oxygens (including phenoxy) is 1. The van der Waals surface area contributed by atoms with Gasteiger partial charge in [-0.2, -0.15) is 0 Å². The lowest BCUT2D eigenvalue weighted by molar-refractivity contribution is -0.125. The summed E-state index contributed by atoms with van der Waals surface area (Å²) in [5.41, 5.74) is 0. The zero-order valence-corrected chi connectivity index (χ0v) is 9.73. The van der Waals surface area contributed by atoms with E-state index in [1.807, 2.05) is 0 Å². The number of hydrogen-bond donors (Lipinski definition) is 0. The second-order valence-corrected chi connectivity index (χ2v) is 4.12. The van der Waals surface area contributed by atoms with Gasteiger partial charge < -0.3 is 9.64 Å². The number of carbonyl (C=O) groups is 1. The molecule has 1 atom stereocenters. The van der Waals surface area contributed by atoms with Gasteiger partial charge in [0.15, 0.2) is 0 Å². The highest BCUT2D eigenvalue weighted by atomic mass is 19.1. The van der Waals surface area contributed by atoms with E-state index in [9.17, 15) is 13.6 Å². The van der Waals surface area contributed by atoms with Crippen LogP contribution >= 0.6 is 0 Å². The van der Waals surface area contributed by atoms with Crippen LogP contribution < -0.4 is 4.74 Å². The fraction of sp³-hybridized carbons (Fsp3) is 0.308. The van der Waals surface area contributed by atoms with Crippen molar-refractivity contribution < 1.29 is 18.3 Å². The van der Waals surface area contributed by atoms with Gasteiger partial charge in [-0.05, 0) is 6.08 Å². The van der Waals surface area contributed by atoms with E-state index in [2.05, 4.69) is 6.58 Å². The first-order valence-electron chi connectivity index (χ1n) is 5.62. The SMILES string of the molecule is C=CC(=O)N1CCC(Oc2cc(F)cc(F)c2)C1. The van der Waals surface area contributed by atoms with Gasteiger partial charge in [-0.15, -0.1) is 0 Å². The Hall–Kier alpha value is -1.91. The molecule has 0 radical (unpaired) electrons. The minimum absolute atomic E-state index is 0.144. The molecule has 0 aliphatic carbocycles. The molecule has 18 heavy (non-hydrogen) atoms. The molecule has 1 aromatic carbocycles. The number of nitrogens with zero attached hydrogens (tertiary/aromatic N) is 1. The lowest BCUT2D eigenvalue weighted by Gasteiger charge is -2.15. The Balaban J connectivity index is 1.99. The molecule has 0 spiro atoms. The highest BCUT2D eigenvalue weighted by molar-refractivity contribution is 5.87. The average Bonchev–Trinajstić information content (AvgIpc) is 2.75. The van der Waals surface area contributed by atoms with E-state index in [4.69, 9.17) is 4.74 Å². The summed E-state index contributed by atoms with van der Waals surface area (Å²) < 4.78 is 31.4. The lowest BCUT2D eigenvalue weighted by atomic mass is 10.3. The van der Waals surface area contributed by atoms with E-state index in [0.29, 0.717) is 19.5 Å². The third kappa shape index (κ3) is 2.85. The molecule has 1 fully saturated rings. The monoisotopic (exact) mass is 253 g/mol. The molecule has 1 aliphatic rings. The van der Waals surface area contributed by atoms with Crippen molar-refractivity contribution in [3.8, 4) is 5.75 Å². The van der Waals surface area contributed by atoms with Crippen LogP contribution in [-0.4, -0.2) is 30.0 Å². The molecule has 0 aromatic heterocycles. The minimum atomic E-state index is -0.679. The van der Waals surface area contributed by atoms with Gasteiger partial charge in [0.1, 0.15) is 23.5 Å². The second kappa shape index (κ2) is 5.16. The van der Waals surface area contributed by atoms with Crippen molar-refractivity contribution in [3.63, 3.8) is 0 Å². The van der Waals surface area contributed by atoms with Gasteiger partial charge in [0.2, 0.25) is 5.91 Å². The molecule has 1 saturated heterocycles. The van der Waals surface area contributed by atoms with Gasteiger partial charge >= 0.3 is 0 Å². The zero-order valence-electron chi connectivity index (χ0n) is 9.73. The quantitative estimate of drug-likeness (QED) is 0.772. The fourth-order valence-corrected chi connectivity index (χ4v) is 1.94. The second-order valence-electron chi connectivity index (χ2n) is 4.12. The number of halogens is 2. The third-order valence-electron chi connectivity index (χ3n) is 2.77. The number of rotatable bonds is 3. The van der Waals surface area contributed by atoms with Gasteiger partial charge in [-0.25, -0.2) is 8.78 Å². The topological polar surface area (TPSA) is 29.5 Å². The van der Waals surface area contributed by atoms with Crippen molar-refractivity contribution in [2.45, 2.75) is 12.5 Å². The van der Waals surface area contributed by atoms with E-state index in [-0.39, 0.29) is 17.8 Å². The van der Waals surface area contributed by atoms with Gasteiger partial charge in [-0.1, -0.05) is 6.58 Å². The first-order valence-corrected chi connectivity index (χ1v) is 5.62. The van der Waals surface area contributed by atoms with Gasteiger partial charge in [0.25, 0.3) is 0 Å². The van der Waals surface area contributed by atoms with E-state index >= 15 is 0 Å². The summed E-state index contributed by atoms with van der Waals surface area (Å²) in [4.78, 5) is 12.9. The summed E-state index contributed by atoms with van der Waals surface area (Å²) in [6.07, 6.45) is 1.64. The third-order valence-corrected chi connectivity index (χ3v) is 2.77. The van der Waals surface area contributed by atoms with Gasteiger partial charge in [-0.3, -0.25) is 4.79 Å². The van der Waals surface area contributed by atoms with E-state index in [0.717, 1.165) is 18.2 Å². The first-order chi connectivity index (χ1) is 8.58. The summed E-state index contributed by atoms with van der Waals surface area (Å²) in [7, 11) is 0. The maximum atomic E-state index is 13.0. The molecule has 5 heteroatoms. The molecule has 0 bridgehead atoms. The summed E-state index contributed by atoms with van der Waals surface area (Å²) >= 11 is 0. The molecule has 1 heterocycles. The normalized spacial score (nSPS) is 18.8. The summed E-state index contributed by atoms with van der Waals surface area (Å²) in [5, 5.41) is 0.